The molecule has 2 saturated heterocycles. The number of ether oxygens (including phenoxy) is 1. The number of amides is 1. The highest BCUT2D eigenvalue weighted by atomic mass is 16.5. The van der Waals surface area contributed by atoms with Gasteiger partial charge in [-0.1, -0.05) is 0 Å². The van der Waals surface area contributed by atoms with Gasteiger partial charge in [0.25, 0.3) is 0 Å². The highest BCUT2D eigenvalue weighted by molar-refractivity contribution is 5.90. The number of nitrogens with one attached hydrogen (secondary N) is 2. The smallest absolute Gasteiger partial charge is 0.330 e. The molecule has 0 aromatic rings. The maximum Gasteiger partial charge on any atom is 0.330 e. The zero-order chi connectivity index (χ0) is 16.7. The first kappa shape index (κ1) is 17.6. The Kier molecular flexibility index (Phi) is 6.51. The number of piperazine rings is 1. The predicted octanol–water partition coefficient (Wildman–Crippen LogP) is -1.12. The third-order valence-electron chi connectivity index (χ3n) is 3.11. The molecule has 0 saturated carbocycles. The van der Waals surface area contributed by atoms with Crippen LogP contribution >= 0.6 is 0 Å². The molecule has 0 spiro atoms. The normalized spacial score (nSPS) is 25.9. The number of carbonyl (C=O) groups is 4. The number of carboxylic acid groups (broad SMARTS) is 2. The molecule has 2 bridgehead atoms. The molecule has 9 nitrogen and oxygen atoms in total. The molecule has 1 amide bonds. The van der Waals surface area contributed by atoms with E-state index in [2.05, 4.69) is 10.6 Å². The molecule has 4 N–H and O–H groups in total. The molecule has 122 valence electrons. The Labute approximate surface area is 126 Å². The van der Waals surface area contributed by atoms with E-state index in [4.69, 9.17) is 14.9 Å². The van der Waals surface area contributed by atoms with Crippen molar-refractivity contribution < 1.29 is 34.1 Å². The summed E-state index contributed by atoms with van der Waals surface area (Å²) in [5.74, 6) is -2.93. The Bertz CT molecular complexity index is 473. The Morgan fingerprint density at radius 3 is 2.32 bits per heavy atom. The van der Waals surface area contributed by atoms with Crippen molar-refractivity contribution in [1.82, 2.24) is 10.6 Å². The van der Waals surface area contributed by atoms with Crippen LogP contribution in [0.4, 0.5) is 0 Å². The van der Waals surface area contributed by atoms with E-state index in [-0.39, 0.29) is 24.0 Å². The van der Waals surface area contributed by atoms with Gasteiger partial charge in [0, 0.05) is 18.2 Å². The number of carbonyl (C=O) groups excluding carboxylic acids is 2. The summed E-state index contributed by atoms with van der Waals surface area (Å²) in [5.41, 5.74) is 0. The minimum Gasteiger partial charge on any atom is -0.478 e. The molecule has 2 fully saturated rings. The minimum atomic E-state index is -1.26. The lowest BCUT2D eigenvalue weighted by Crippen LogP contribution is -2.62. The lowest BCUT2D eigenvalue weighted by molar-refractivity contribution is -0.149. The molecule has 22 heavy (non-hydrogen) atoms. The van der Waals surface area contributed by atoms with Gasteiger partial charge in [0.15, 0.2) is 0 Å². The highest BCUT2D eigenvalue weighted by Crippen LogP contribution is 2.20. The molecule has 2 rings (SSSR count). The van der Waals surface area contributed by atoms with Crippen LogP contribution in [0.15, 0.2) is 12.2 Å². The zero-order valence-electron chi connectivity index (χ0n) is 11.9. The first-order valence-corrected chi connectivity index (χ1v) is 6.72. The molecule has 0 aromatic carbocycles. The van der Waals surface area contributed by atoms with Gasteiger partial charge in [-0.25, -0.2) is 14.4 Å². The second-order valence-corrected chi connectivity index (χ2v) is 4.65. The summed E-state index contributed by atoms with van der Waals surface area (Å²) in [5, 5.41) is 21.4. The maximum absolute atomic E-state index is 11.5. The van der Waals surface area contributed by atoms with E-state index in [1.54, 1.807) is 6.92 Å². The Morgan fingerprint density at radius 1 is 1.23 bits per heavy atom. The molecular weight excluding hydrogens is 296 g/mol. The SMILES string of the molecule is CCOC(=O)[C@H]1NC(=O)[C@H]2CC[C@@H]1N2.O=C(O)/C=C/C(=O)O. The van der Waals surface area contributed by atoms with Crippen LogP contribution in [-0.4, -0.2) is 58.8 Å². The number of carboxylic acids is 2. The number of esters is 1. The van der Waals surface area contributed by atoms with Crippen LogP contribution in [-0.2, 0) is 23.9 Å². The second kappa shape index (κ2) is 8.13. The van der Waals surface area contributed by atoms with Crippen molar-refractivity contribution in [3.8, 4) is 0 Å². The minimum absolute atomic E-state index is 0.0525. The number of hydrogen-bond donors (Lipinski definition) is 4. The van der Waals surface area contributed by atoms with E-state index in [0.717, 1.165) is 12.8 Å². The molecular formula is C13H18N2O7. The lowest BCUT2D eigenvalue weighted by atomic mass is 10.1. The molecule has 0 radical (unpaired) electrons. The molecule has 2 heterocycles. The molecule has 9 heteroatoms. The summed E-state index contributed by atoms with van der Waals surface area (Å²) >= 11 is 0. The van der Waals surface area contributed by atoms with E-state index >= 15 is 0 Å². The average Bonchev–Trinajstić information content (AvgIpc) is 2.87. The van der Waals surface area contributed by atoms with Crippen molar-refractivity contribution in [3.63, 3.8) is 0 Å². The van der Waals surface area contributed by atoms with Crippen LogP contribution in [0.3, 0.4) is 0 Å². The topological polar surface area (TPSA) is 142 Å². The van der Waals surface area contributed by atoms with Gasteiger partial charge >= 0.3 is 17.9 Å². The Hall–Kier alpha value is -2.42. The second-order valence-electron chi connectivity index (χ2n) is 4.65. The third kappa shape index (κ3) is 5.17. The zero-order valence-corrected chi connectivity index (χ0v) is 11.9. The van der Waals surface area contributed by atoms with Crippen molar-refractivity contribution in [1.29, 1.82) is 0 Å². The molecule has 0 unspecified atom stereocenters. The molecule has 2 aliphatic rings. The van der Waals surface area contributed by atoms with Crippen molar-refractivity contribution in [3.05, 3.63) is 12.2 Å². The molecule has 3 atom stereocenters. The Balaban J connectivity index is 0.000000261. The quantitative estimate of drug-likeness (QED) is 0.377. The first-order valence-electron chi connectivity index (χ1n) is 6.72. The fourth-order valence-corrected chi connectivity index (χ4v) is 2.19. The molecule has 0 aliphatic carbocycles. The van der Waals surface area contributed by atoms with Crippen molar-refractivity contribution in [2.45, 2.75) is 37.9 Å². The van der Waals surface area contributed by atoms with Gasteiger partial charge in [0.1, 0.15) is 6.04 Å². The number of hydrogen-bond acceptors (Lipinski definition) is 6. The van der Waals surface area contributed by atoms with Gasteiger partial charge in [0.05, 0.1) is 12.6 Å². The van der Waals surface area contributed by atoms with Crippen LogP contribution in [0, 0.1) is 0 Å². The number of fused-ring (bicyclic) bond motifs is 2. The predicted molar refractivity (Wildman–Crippen MR) is 72.9 cm³/mol. The largest absolute Gasteiger partial charge is 0.478 e. The standard InChI is InChI=1S/C9H14N2O3.C4H4O4/c1-2-14-9(13)7-5-3-4-6(10-5)8(12)11-7;5-3(6)1-2-4(7)8/h5-7,10H,2-4H2,1H3,(H,11,12);1-2H,(H,5,6)(H,7,8)/b;2-1+/t5-,6+,7-;/m0./s1. The van der Waals surface area contributed by atoms with Gasteiger partial charge in [-0.3, -0.25) is 4.79 Å². The van der Waals surface area contributed by atoms with E-state index in [1.165, 1.54) is 0 Å². The Morgan fingerprint density at radius 2 is 1.82 bits per heavy atom. The van der Waals surface area contributed by atoms with Crippen molar-refractivity contribution in [2.24, 2.45) is 0 Å². The number of rotatable bonds is 4. The van der Waals surface area contributed by atoms with Crippen LogP contribution in [0.2, 0.25) is 0 Å². The fraction of sp³-hybridized carbons (Fsp3) is 0.538. The summed E-state index contributed by atoms with van der Waals surface area (Å²) < 4.78 is 4.89. The highest BCUT2D eigenvalue weighted by Gasteiger charge is 2.43. The van der Waals surface area contributed by atoms with Crippen LogP contribution in [0.25, 0.3) is 0 Å². The van der Waals surface area contributed by atoms with E-state index in [1.807, 2.05) is 0 Å². The van der Waals surface area contributed by atoms with Crippen molar-refractivity contribution >= 4 is 23.8 Å². The molecule has 0 aromatic heterocycles. The molecule has 2 aliphatic heterocycles. The van der Waals surface area contributed by atoms with Gasteiger partial charge in [-0.15, -0.1) is 0 Å². The van der Waals surface area contributed by atoms with E-state index < -0.39 is 18.0 Å². The van der Waals surface area contributed by atoms with E-state index in [0.29, 0.717) is 18.8 Å². The summed E-state index contributed by atoms with van der Waals surface area (Å²) in [6, 6.07) is -0.552. The van der Waals surface area contributed by atoms with Gasteiger partial charge < -0.3 is 25.6 Å². The van der Waals surface area contributed by atoms with Crippen LogP contribution in [0.5, 0.6) is 0 Å². The third-order valence-corrected chi connectivity index (χ3v) is 3.11. The monoisotopic (exact) mass is 314 g/mol. The lowest BCUT2D eigenvalue weighted by Gasteiger charge is -2.28. The summed E-state index contributed by atoms with van der Waals surface area (Å²) in [7, 11) is 0. The number of aliphatic carboxylic acids is 2. The van der Waals surface area contributed by atoms with Gasteiger partial charge in [-0.2, -0.15) is 0 Å². The van der Waals surface area contributed by atoms with Crippen molar-refractivity contribution in [2.75, 3.05) is 6.61 Å². The maximum atomic E-state index is 11.5. The van der Waals surface area contributed by atoms with E-state index in [9.17, 15) is 19.2 Å². The summed E-state index contributed by atoms with van der Waals surface area (Å²) in [4.78, 5) is 42.0. The fourth-order valence-electron chi connectivity index (χ4n) is 2.19. The summed E-state index contributed by atoms with van der Waals surface area (Å²) in [6.07, 6.45) is 2.78. The summed E-state index contributed by atoms with van der Waals surface area (Å²) in [6.45, 7) is 2.11. The van der Waals surface area contributed by atoms with Gasteiger partial charge in [0.2, 0.25) is 5.91 Å². The van der Waals surface area contributed by atoms with Crippen LogP contribution in [0.1, 0.15) is 19.8 Å². The first-order chi connectivity index (χ1) is 10.3. The average molecular weight is 314 g/mol. The van der Waals surface area contributed by atoms with Crippen LogP contribution < -0.4 is 10.6 Å². The van der Waals surface area contributed by atoms with Gasteiger partial charge in [-0.05, 0) is 19.8 Å².